The third-order valence-electron chi connectivity index (χ3n) is 4.88. The maximum Gasteiger partial charge on any atom is 0.316 e. The summed E-state index contributed by atoms with van der Waals surface area (Å²) in [5, 5.41) is 10.6. The van der Waals surface area contributed by atoms with Crippen molar-refractivity contribution in [2.45, 2.75) is 34.1 Å². The van der Waals surface area contributed by atoms with E-state index in [1.807, 2.05) is 82.3 Å². The number of rotatable bonds is 5. The highest BCUT2D eigenvalue weighted by Crippen LogP contribution is 2.35. The summed E-state index contributed by atoms with van der Waals surface area (Å²) in [5.41, 5.74) is 2.12. The summed E-state index contributed by atoms with van der Waals surface area (Å²) >= 11 is 0. The zero-order chi connectivity index (χ0) is 19.4. The fourth-order valence-electron chi connectivity index (χ4n) is 2.60. The second kappa shape index (κ2) is 7.70. The van der Waals surface area contributed by atoms with Crippen LogP contribution < -0.4 is 4.74 Å². The highest BCUT2D eigenvalue weighted by molar-refractivity contribution is 5.98. The Hall–Kier alpha value is -3.01. The van der Waals surface area contributed by atoms with E-state index in [1.165, 1.54) is 0 Å². The molecular weight excluding hydrogens is 336 g/mol. The van der Waals surface area contributed by atoms with E-state index in [0.29, 0.717) is 12.2 Å². The van der Waals surface area contributed by atoms with Gasteiger partial charge in [-0.2, -0.15) is 5.11 Å². The molecule has 0 radical (unpaired) electrons. The topological polar surface area (TPSA) is 51.0 Å². The predicted molar refractivity (Wildman–Crippen MR) is 109 cm³/mol. The molecule has 0 unspecified atom stereocenters. The molecule has 3 aromatic rings. The number of esters is 1. The third kappa shape index (κ3) is 4.05. The lowest BCUT2D eigenvalue weighted by Crippen LogP contribution is -2.28. The van der Waals surface area contributed by atoms with E-state index in [1.54, 1.807) is 6.07 Å². The molecule has 0 bridgehead atoms. The van der Waals surface area contributed by atoms with Crippen LogP contribution in [0.5, 0.6) is 5.75 Å². The molecule has 0 saturated heterocycles. The molecule has 4 heteroatoms. The van der Waals surface area contributed by atoms with Crippen molar-refractivity contribution in [1.82, 2.24) is 0 Å². The summed E-state index contributed by atoms with van der Waals surface area (Å²) < 4.78 is 5.71. The largest absolute Gasteiger partial charge is 0.425 e. The molecule has 0 amide bonds. The van der Waals surface area contributed by atoms with Crippen LogP contribution in [0.15, 0.2) is 70.9 Å². The first kappa shape index (κ1) is 18.8. The number of aryl methyl sites for hydroxylation is 1. The minimum atomic E-state index is -0.523. The van der Waals surface area contributed by atoms with Crippen molar-refractivity contribution in [3.8, 4) is 5.75 Å². The van der Waals surface area contributed by atoms with Crippen molar-refractivity contribution >= 4 is 28.1 Å². The van der Waals surface area contributed by atoms with E-state index in [9.17, 15) is 4.79 Å². The number of carbonyl (C=O) groups is 1. The van der Waals surface area contributed by atoms with Crippen LogP contribution in [-0.4, -0.2) is 5.97 Å². The molecule has 0 spiro atoms. The van der Waals surface area contributed by atoms with Crippen molar-refractivity contribution in [2.75, 3.05) is 0 Å². The van der Waals surface area contributed by atoms with Crippen LogP contribution in [0.1, 0.15) is 32.8 Å². The number of carbonyl (C=O) groups excluding carboxylic acids is 1. The van der Waals surface area contributed by atoms with Gasteiger partial charge in [-0.15, -0.1) is 5.11 Å². The van der Waals surface area contributed by atoms with Gasteiger partial charge in [0.2, 0.25) is 0 Å². The lowest BCUT2D eigenvalue weighted by Gasteiger charge is -2.20. The molecule has 27 heavy (non-hydrogen) atoms. The SMILES string of the molecule is CCC(C)(C)C(=O)Oc1ccc(N=Nc2ccccc2C)c2ccccc12. The maximum absolute atomic E-state index is 12.5. The van der Waals surface area contributed by atoms with Crippen LogP contribution in [0.4, 0.5) is 11.4 Å². The van der Waals surface area contributed by atoms with E-state index in [2.05, 4.69) is 10.2 Å². The lowest BCUT2D eigenvalue weighted by atomic mass is 9.90. The lowest BCUT2D eigenvalue weighted by molar-refractivity contribution is -0.144. The second-order valence-electron chi connectivity index (χ2n) is 7.24. The van der Waals surface area contributed by atoms with Crippen LogP contribution >= 0.6 is 0 Å². The molecule has 0 aliphatic rings. The van der Waals surface area contributed by atoms with Gasteiger partial charge < -0.3 is 4.74 Å². The number of nitrogens with zero attached hydrogens (tertiary/aromatic N) is 2. The molecule has 0 aromatic heterocycles. The standard InChI is InChI=1S/C23H24N2O2/c1-5-23(3,4)22(26)27-21-15-14-20(17-11-7-8-12-18(17)21)25-24-19-13-9-6-10-16(19)2/h6-15H,5H2,1-4H3. The van der Waals surface area contributed by atoms with Crippen LogP contribution in [-0.2, 0) is 4.79 Å². The Bertz CT molecular complexity index is 1010. The number of azo groups is 1. The van der Waals surface area contributed by atoms with E-state index >= 15 is 0 Å². The maximum atomic E-state index is 12.5. The fraction of sp³-hybridized carbons (Fsp3) is 0.261. The number of fused-ring (bicyclic) bond motifs is 1. The van der Waals surface area contributed by atoms with Gasteiger partial charge in [0.1, 0.15) is 5.75 Å². The normalized spacial score (nSPS) is 11.9. The van der Waals surface area contributed by atoms with E-state index < -0.39 is 5.41 Å². The minimum absolute atomic E-state index is 0.232. The average molecular weight is 360 g/mol. The Morgan fingerprint density at radius 2 is 1.52 bits per heavy atom. The van der Waals surface area contributed by atoms with Gasteiger partial charge in [-0.1, -0.05) is 49.4 Å². The molecule has 0 aliphatic carbocycles. The highest BCUT2D eigenvalue weighted by atomic mass is 16.5. The van der Waals surface area contributed by atoms with Gasteiger partial charge in [0, 0.05) is 10.8 Å². The highest BCUT2D eigenvalue weighted by Gasteiger charge is 2.28. The van der Waals surface area contributed by atoms with Gasteiger partial charge >= 0.3 is 5.97 Å². The van der Waals surface area contributed by atoms with Gasteiger partial charge in [-0.05, 0) is 51.0 Å². The van der Waals surface area contributed by atoms with Gasteiger partial charge in [0.15, 0.2) is 0 Å². The molecular formula is C23H24N2O2. The van der Waals surface area contributed by atoms with Crippen molar-refractivity contribution in [2.24, 2.45) is 15.6 Å². The van der Waals surface area contributed by atoms with Crippen molar-refractivity contribution < 1.29 is 9.53 Å². The zero-order valence-corrected chi connectivity index (χ0v) is 16.2. The minimum Gasteiger partial charge on any atom is -0.425 e. The van der Waals surface area contributed by atoms with Gasteiger partial charge in [0.05, 0.1) is 16.8 Å². The summed E-state index contributed by atoms with van der Waals surface area (Å²) in [6.45, 7) is 7.77. The van der Waals surface area contributed by atoms with Crippen LogP contribution in [0.3, 0.4) is 0 Å². The summed E-state index contributed by atoms with van der Waals surface area (Å²) in [5.74, 6) is 0.316. The molecule has 0 aliphatic heterocycles. The van der Waals surface area contributed by atoms with Gasteiger partial charge in [0.25, 0.3) is 0 Å². The van der Waals surface area contributed by atoms with Crippen molar-refractivity contribution in [3.63, 3.8) is 0 Å². The third-order valence-corrected chi connectivity index (χ3v) is 4.88. The molecule has 0 fully saturated rings. The number of hydrogen-bond acceptors (Lipinski definition) is 4. The number of hydrogen-bond donors (Lipinski definition) is 0. The molecule has 0 N–H and O–H groups in total. The summed E-state index contributed by atoms with van der Waals surface area (Å²) in [7, 11) is 0. The molecule has 0 saturated carbocycles. The first-order valence-corrected chi connectivity index (χ1v) is 9.14. The molecule has 0 atom stereocenters. The van der Waals surface area contributed by atoms with Crippen LogP contribution in [0, 0.1) is 12.3 Å². The van der Waals surface area contributed by atoms with Gasteiger partial charge in [-0.25, -0.2) is 0 Å². The first-order valence-electron chi connectivity index (χ1n) is 9.14. The Kier molecular flexibility index (Phi) is 5.36. The second-order valence-corrected chi connectivity index (χ2v) is 7.24. The molecule has 3 rings (SSSR count). The smallest absolute Gasteiger partial charge is 0.316 e. The quantitative estimate of drug-likeness (QED) is 0.282. The van der Waals surface area contributed by atoms with Crippen LogP contribution in [0.25, 0.3) is 10.8 Å². The zero-order valence-electron chi connectivity index (χ0n) is 16.2. The summed E-state index contributed by atoms with van der Waals surface area (Å²) in [6.07, 6.45) is 0.715. The van der Waals surface area contributed by atoms with E-state index in [4.69, 9.17) is 4.74 Å². The Morgan fingerprint density at radius 1 is 0.889 bits per heavy atom. The Labute approximate surface area is 159 Å². The van der Waals surface area contributed by atoms with Gasteiger partial charge in [-0.3, -0.25) is 4.79 Å². The molecule has 0 heterocycles. The molecule has 4 nitrogen and oxygen atoms in total. The molecule has 3 aromatic carbocycles. The fourth-order valence-corrected chi connectivity index (χ4v) is 2.60. The monoisotopic (exact) mass is 360 g/mol. The number of benzene rings is 3. The summed E-state index contributed by atoms with van der Waals surface area (Å²) in [6, 6.07) is 19.2. The average Bonchev–Trinajstić information content (AvgIpc) is 2.68. The van der Waals surface area contributed by atoms with Crippen molar-refractivity contribution in [3.05, 3.63) is 66.2 Å². The Morgan fingerprint density at radius 3 is 2.22 bits per heavy atom. The van der Waals surface area contributed by atoms with E-state index in [-0.39, 0.29) is 5.97 Å². The predicted octanol–water partition coefficient (Wildman–Crippen LogP) is 6.91. The molecule has 138 valence electrons. The van der Waals surface area contributed by atoms with Crippen molar-refractivity contribution in [1.29, 1.82) is 0 Å². The van der Waals surface area contributed by atoms with Crippen LogP contribution in [0.2, 0.25) is 0 Å². The summed E-state index contributed by atoms with van der Waals surface area (Å²) in [4.78, 5) is 12.5. The van der Waals surface area contributed by atoms with E-state index in [0.717, 1.165) is 27.7 Å². The first-order chi connectivity index (χ1) is 12.9. The number of ether oxygens (including phenoxy) is 1. The Balaban J connectivity index is 1.99.